The first kappa shape index (κ1) is 15.6. The molecule has 0 aliphatic rings. The predicted molar refractivity (Wildman–Crippen MR) is 81.0 cm³/mol. The first-order chi connectivity index (χ1) is 9.81. The first-order valence-corrected chi connectivity index (χ1v) is 6.86. The molecule has 0 atom stereocenters. The van der Waals surface area contributed by atoms with Gasteiger partial charge < -0.3 is 9.47 Å². The van der Waals surface area contributed by atoms with Crippen LogP contribution in [0.25, 0.3) is 0 Å². The molecule has 0 saturated heterocycles. The van der Waals surface area contributed by atoms with Crippen molar-refractivity contribution in [2.45, 2.75) is 26.2 Å². The number of hydrogen-bond donors (Lipinski definition) is 0. The Hall–Kier alpha value is -1.81. The van der Waals surface area contributed by atoms with Gasteiger partial charge in [-0.05, 0) is 29.7 Å². The molecule has 0 aliphatic heterocycles. The monoisotopic (exact) mass is 309 g/mol. The van der Waals surface area contributed by atoms with E-state index >= 15 is 0 Å². The molecule has 0 spiro atoms. The summed E-state index contributed by atoms with van der Waals surface area (Å²) in [6.45, 7) is 6.13. The van der Waals surface area contributed by atoms with Crippen molar-refractivity contribution in [1.29, 1.82) is 0 Å². The van der Waals surface area contributed by atoms with E-state index in [1.54, 1.807) is 19.2 Å². The zero-order chi connectivity index (χ0) is 15.6. The van der Waals surface area contributed by atoms with Crippen molar-refractivity contribution in [3.63, 3.8) is 0 Å². The van der Waals surface area contributed by atoms with Gasteiger partial charge in [0, 0.05) is 11.8 Å². The molecule has 0 aliphatic carbocycles. The van der Waals surface area contributed by atoms with E-state index in [1.165, 1.54) is 12.3 Å². The Labute approximate surface area is 128 Å². The maximum Gasteiger partial charge on any atom is 0.255 e. The average Bonchev–Trinajstić information content (AvgIpc) is 2.41. The minimum Gasteiger partial charge on any atom is -0.497 e. The van der Waals surface area contributed by atoms with Gasteiger partial charge in [0.05, 0.1) is 12.1 Å². The highest BCUT2D eigenvalue weighted by Crippen LogP contribution is 2.36. The molecule has 1 aromatic heterocycles. The third-order valence-corrected chi connectivity index (χ3v) is 3.18. The van der Waals surface area contributed by atoms with Crippen molar-refractivity contribution in [3.8, 4) is 17.4 Å². The van der Waals surface area contributed by atoms with Crippen molar-refractivity contribution >= 4 is 11.6 Å². The quantitative estimate of drug-likeness (QED) is 0.802. The zero-order valence-corrected chi connectivity index (χ0v) is 13.2. The third-order valence-electron chi connectivity index (χ3n) is 2.98. The second kappa shape index (κ2) is 5.90. The van der Waals surface area contributed by atoms with Gasteiger partial charge in [0.2, 0.25) is 0 Å². The van der Waals surface area contributed by atoms with Crippen molar-refractivity contribution < 1.29 is 13.9 Å². The van der Waals surface area contributed by atoms with Gasteiger partial charge in [-0.3, -0.25) is 0 Å². The van der Waals surface area contributed by atoms with Crippen LogP contribution in [0.4, 0.5) is 4.39 Å². The van der Waals surface area contributed by atoms with Crippen molar-refractivity contribution in [2.24, 2.45) is 0 Å². The number of pyridine rings is 1. The number of halogens is 2. The Balaban J connectivity index is 2.44. The number of nitrogens with zero attached hydrogens (tertiary/aromatic N) is 1. The van der Waals surface area contributed by atoms with Gasteiger partial charge in [-0.15, -0.1) is 0 Å². The Morgan fingerprint density at radius 2 is 1.90 bits per heavy atom. The summed E-state index contributed by atoms with van der Waals surface area (Å²) in [6.07, 6.45) is 1.35. The summed E-state index contributed by atoms with van der Waals surface area (Å²) in [7, 11) is 1.60. The molecule has 0 N–H and O–H groups in total. The molecule has 0 amide bonds. The van der Waals surface area contributed by atoms with Crippen molar-refractivity contribution in [1.82, 2.24) is 4.98 Å². The van der Waals surface area contributed by atoms with E-state index < -0.39 is 5.82 Å². The van der Waals surface area contributed by atoms with Gasteiger partial charge in [0.15, 0.2) is 5.82 Å². The lowest BCUT2D eigenvalue weighted by atomic mass is 9.86. The van der Waals surface area contributed by atoms with E-state index in [0.29, 0.717) is 5.75 Å². The molecule has 2 aromatic rings. The fraction of sp³-hybridized carbons (Fsp3) is 0.312. The van der Waals surface area contributed by atoms with Crippen LogP contribution < -0.4 is 9.47 Å². The van der Waals surface area contributed by atoms with Crippen LogP contribution in [0, 0.1) is 5.82 Å². The van der Waals surface area contributed by atoms with Crippen LogP contribution in [-0.2, 0) is 5.41 Å². The normalized spacial score (nSPS) is 11.3. The maximum absolute atomic E-state index is 13.8. The second-order valence-corrected chi connectivity index (χ2v) is 6.09. The van der Waals surface area contributed by atoms with Gasteiger partial charge >= 0.3 is 0 Å². The smallest absolute Gasteiger partial charge is 0.255 e. The standard InChI is InChI=1S/C16H17ClFNO2/c1-16(2,3)12-8-11(20-4)5-6-14(12)21-15-13(18)7-10(17)9-19-15/h5-9H,1-4H3. The fourth-order valence-corrected chi connectivity index (χ4v) is 2.04. The molecule has 21 heavy (non-hydrogen) atoms. The molecule has 1 aromatic carbocycles. The van der Waals surface area contributed by atoms with Crippen LogP contribution in [0.3, 0.4) is 0 Å². The van der Waals surface area contributed by atoms with Crippen molar-refractivity contribution in [3.05, 3.63) is 46.9 Å². The van der Waals surface area contributed by atoms with E-state index in [2.05, 4.69) is 4.98 Å². The number of benzene rings is 1. The molecular formula is C16H17ClFNO2. The van der Waals surface area contributed by atoms with Crippen LogP contribution in [0.15, 0.2) is 30.5 Å². The molecule has 112 valence electrons. The SMILES string of the molecule is COc1ccc(Oc2ncc(Cl)cc2F)c(C(C)(C)C)c1. The number of hydrogen-bond acceptors (Lipinski definition) is 3. The lowest BCUT2D eigenvalue weighted by Gasteiger charge is -2.23. The molecule has 3 nitrogen and oxygen atoms in total. The van der Waals surface area contributed by atoms with Crippen LogP contribution >= 0.6 is 11.6 Å². The van der Waals surface area contributed by atoms with E-state index in [9.17, 15) is 4.39 Å². The highest BCUT2D eigenvalue weighted by atomic mass is 35.5. The molecule has 2 rings (SSSR count). The Bertz CT molecular complexity index is 653. The minimum absolute atomic E-state index is 0.102. The van der Waals surface area contributed by atoms with Gasteiger partial charge in [-0.2, -0.15) is 0 Å². The Morgan fingerprint density at radius 1 is 1.19 bits per heavy atom. The maximum atomic E-state index is 13.8. The van der Waals surface area contributed by atoms with Crippen LogP contribution in [0.2, 0.25) is 5.02 Å². The number of aromatic nitrogens is 1. The zero-order valence-electron chi connectivity index (χ0n) is 12.4. The van der Waals surface area contributed by atoms with Gasteiger partial charge in [0.1, 0.15) is 11.5 Å². The van der Waals surface area contributed by atoms with Gasteiger partial charge in [-0.25, -0.2) is 9.37 Å². The van der Waals surface area contributed by atoms with Gasteiger partial charge in [-0.1, -0.05) is 32.4 Å². The lowest BCUT2D eigenvalue weighted by molar-refractivity contribution is 0.395. The molecule has 0 saturated carbocycles. The molecule has 5 heteroatoms. The van der Waals surface area contributed by atoms with E-state index in [0.717, 1.165) is 11.3 Å². The van der Waals surface area contributed by atoms with Crippen LogP contribution in [0.5, 0.6) is 17.4 Å². The molecule has 0 radical (unpaired) electrons. The third kappa shape index (κ3) is 3.64. The number of rotatable bonds is 3. The fourth-order valence-electron chi connectivity index (χ4n) is 1.89. The minimum atomic E-state index is -0.599. The average molecular weight is 310 g/mol. The van der Waals surface area contributed by atoms with Crippen LogP contribution in [-0.4, -0.2) is 12.1 Å². The largest absolute Gasteiger partial charge is 0.497 e. The molecule has 0 unspecified atom stereocenters. The summed E-state index contributed by atoms with van der Waals surface area (Å²) in [5.41, 5.74) is 0.713. The topological polar surface area (TPSA) is 31.4 Å². The summed E-state index contributed by atoms with van der Waals surface area (Å²) in [5.74, 6) is 0.557. The second-order valence-electron chi connectivity index (χ2n) is 5.65. The van der Waals surface area contributed by atoms with E-state index in [-0.39, 0.29) is 16.3 Å². The van der Waals surface area contributed by atoms with Crippen LogP contribution in [0.1, 0.15) is 26.3 Å². The number of ether oxygens (including phenoxy) is 2. The first-order valence-electron chi connectivity index (χ1n) is 6.48. The van der Waals surface area contributed by atoms with E-state index in [1.807, 2.05) is 26.8 Å². The predicted octanol–water partition coefficient (Wildman–Crippen LogP) is 4.97. The van der Waals surface area contributed by atoms with E-state index in [4.69, 9.17) is 21.1 Å². The summed E-state index contributed by atoms with van der Waals surface area (Å²) in [4.78, 5) is 3.88. The lowest BCUT2D eigenvalue weighted by Crippen LogP contribution is -2.13. The Kier molecular flexibility index (Phi) is 4.37. The van der Waals surface area contributed by atoms with Crippen molar-refractivity contribution in [2.75, 3.05) is 7.11 Å². The summed E-state index contributed by atoms with van der Waals surface area (Å²) in [6, 6.07) is 6.56. The number of methoxy groups -OCH3 is 1. The van der Waals surface area contributed by atoms with Gasteiger partial charge in [0.25, 0.3) is 5.88 Å². The molecular weight excluding hydrogens is 293 g/mol. The molecule has 1 heterocycles. The summed E-state index contributed by atoms with van der Waals surface area (Å²) in [5, 5.41) is 0.227. The molecule has 0 fully saturated rings. The highest BCUT2D eigenvalue weighted by Gasteiger charge is 2.21. The Morgan fingerprint density at radius 3 is 2.48 bits per heavy atom. The highest BCUT2D eigenvalue weighted by molar-refractivity contribution is 6.30. The molecule has 0 bridgehead atoms. The summed E-state index contributed by atoms with van der Waals surface area (Å²) < 4.78 is 24.7. The summed E-state index contributed by atoms with van der Waals surface area (Å²) >= 11 is 5.69.